The molecule has 0 fully saturated rings. The molecule has 0 bridgehead atoms. The lowest BCUT2D eigenvalue weighted by Gasteiger charge is -2.13. The van der Waals surface area contributed by atoms with Crippen LogP contribution in [0.5, 0.6) is 0 Å². The Morgan fingerprint density at radius 1 is 1.08 bits per heavy atom. The molecule has 3 aromatic rings. The van der Waals surface area contributed by atoms with Gasteiger partial charge in [-0.15, -0.1) is 0 Å². The summed E-state index contributed by atoms with van der Waals surface area (Å²) in [5, 5.41) is 2.13. The number of aryl methyl sites for hydroxylation is 1. The maximum Gasteiger partial charge on any atom is 0.418 e. The van der Waals surface area contributed by atoms with E-state index in [0.29, 0.717) is 11.0 Å². The minimum absolute atomic E-state index is 0.388. The second kappa shape index (κ2) is 6.04. The van der Waals surface area contributed by atoms with E-state index in [9.17, 15) is 22.8 Å². The van der Waals surface area contributed by atoms with Gasteiger partial charge >= 0.3 is 6.18 Å². The fourth-order valence-corrected chi connectivity index (χ4v) is 2.45. The lowest BCUT2D eigenvalue weighted by atomic mass is 10.1. The predicted molar refractivity (Wildman–Crippen MR) is 86.4 cm³/mol. The number of benzene rings is 2. The van der Waals surface area contributed by atoms with Crippen LogP contribution in [0.3, 0.4) is 0 Å². The number of carbonyl (C=O) groups is 1. The number of carbonyl (C=O) groups excluding carboxylic acids is 1. The zero-order chi connectivity index (χ0) is 18.2. The van der Waals surface area contributed by atoms with E-state index in [4.69, 9.17) is 0 Å². The Morgan fingerprint density at radius 3 is 2.44 bits per heavy atom. The van der Waals surface area contributed by atoms with E-state index in [1.54, 1.807) is 24.3 Å². The van der Waals surface area contributed by atoms with Crippen LogP contribution < -0.4 is 10.9 Å². The molecule has 0 spiro atoms. The second-order valence-electron chi connectivity index (χ2n) is 5.31. The van der Waals surface area contributed by atoms with Crippen molar-refractivity contribution >= 4 is 22.6 Å². The molecule has 1 amide bonds. The van der Waals surface area contributed by atoms with Crippen molar-refractivity contribution in [2.75, 3.05) is 5.32 Å². The quantitative estimate of drug-likeness (QED) is 0.774. The van der Waals surface area contributed by atoms with Crippen LogP contribution in [0.25, 0.3) is 11.0 Å². The number of hydrogen-bond donors (Lipinski definition) is 1. The normalized spacial score (nSPS) is 11.5. The highest BCUT2D eigenvalue weighted by atomic mass is 19.4. The third kappa shape index (κ3) is 3.10. The maximum absolute atomic E-state index is 13.0. The van der Waals surface area contributed by atoms with Gasteiger partial charge in [-0.25, -0.2) is 4.98 Å². The second-order valence-corrected chi connectivity index (χ2v) is 5.31. The Morgan fingerprint density at radius 2 is 1.72 bits per heavy atom. The Kier molecular flexibility index (Phi) is 4.03. The van der Waals surface area contributed by atoms with Crippen LogP contribution in [-0.2, 0) is 13.2 Å². The zero-order valence-electron chi connectivity index (χ0n) is 13.0. The van der Waals surface area contributed by atoms with Crippen LogP contribution in [0.1, 0.15) is 16.1 Å². The van der Waals surface area contributed by atoms with Crippen LogP contribution >= 0.6 is 0 Å². The molecule has 8 heteroatoms. The molecule has 0 saturated carbocycles. The van der Waals surface area contributed by atoms with E-state index in [0.717, 1.165) is 12.1 Å². The lowest BCUT2D eigenvalue weighted by molar-refractivity contribution is -0.136. The fourth-order valence-electron chi connectivity index (χ4n) is 2.45. The minimum Gasteiger partial charge on any atom is -0.320 e. The summed E-state index contributed by atoms with van der Waals surface area (Å²) in [5.41, 5.74) is -1.70. The van der Waals surface area contributed by atoms with Crippen LogP contribution in [0.2, 0.25) is 0 Å². The maximum atomic E-state index is 13.0. The third-order valence-electron chi connectivity index (χ3n) is 3.68. The molecule has 0 aliphatic carbocycles. The Bertz CT molecular complexity index is 1030. The van der Waals surface area contributed by atoms with Gasteiger partial charge in [0, 0.05) is 7.05 Å². The molecule has 2 aromatic carbocycles. The van der Waals surface area contributed by atoms with Crippen molar-refractivity contribution in [3.8, 4) is 0 Å². The van der Waals surface area contributed by atoms with Crippen molar-refractivity contribution in [3.63, 3.8) is 0 Å². The van der Waals surface area contributed by atoms with Crippen molar-refractivity contribution in [3.05, 3.63) is 70.1 Å². The van der Waals surface area contributed by atoms with E-state index >= 15 is 0 Å². The average molecular weight is 347 g/mol. The molecule has 0 radical (unpaired) electrons. The number of hydrogen-bond acceptors (Lipinski definition) is 3. The van der Waals surface area contributed by atoms with Crippen LogP contribution in [0.15, 0.2) is 53.3 Å². The van der Waals surface area contributed by atoms with E-state index < -0.39 is 34.6 Å². The van der Waals surface area contributed by atoms with Gasteiger partial charge in [-0.3, -0.25) is 9.59 Å². The van der Waals surface area contributed by atoms with Gasteiger partial charge in [-0.1, -0.05) is 24.3 Å². The molecule has 0 atom stereocenters. The molecule has 0 unspecified atom stereocenters. The summed E-state index contributed by atoms with van der Waals surface area (Å²) < 4.78 is 40.3. The van der Waals surface area contributed by atoms with Crippen molar-refractivity contribution in [2.45, 2.75) is 6.18 Å². The van der Waals surface area contributed by atoms with E-state index in [2.05, 4.69) is 10.3 Å². The third-order valence-corrected chi connectivity index (χ3v) is 3.68. The van der Waals surface area contributed by atoms with Gasteiger partial charge in [0.15, 0.2) is 5.69 Å². The highest BCUT2D eigenvalue weighted by Gasteiger charge is 2.34. The number of fused-ring (bicyclic) bond motifs is 1. The number of para-hydroxylation sites is 3. The smallest absolute Gasteiger partial charge is 0.320 e. The highest BCUT2D eigenvalue weighted by molar-refractivity contribution is 6.04. The minimum atomic E-state index is -4.63. The SMILES string of the molecule is Cn1c(=O)c(C(=O)Nc2ccccc2C(F)(F)F)nc2ccccc21. The molecule has 1 heterocycles. The highest BCUT2D eigenvalue weighted by Crippen LogP contribution is 2.34. The average Bonchev–Trinajstić information content (AvgIpc) is 2.57. The summed E-state index contributed by atoms with van der Waals surface area (Å²) >= 11 is 0. The molecule has 3 rings (SSSR count). The number of nitrogens with one attached hydrogen (secondary N) is 1. The predicted octanol–water partition coefficient (Wildman–Crippen LogP) is 3.20. The summed E-state index contributed by atoms with van der Waals surface area (Å²) in [6.07, 6.45) is -4.63. The molecule has 25 heavy (non-hydrogen) atoms. The monoisotopic (exact) mass is 347 g/mol. The number of amides is 1. The topological polar surface area (TPSA) is 64.0 Å². The summed E-state index contributed by atoms with van der Waals surface area (Å²) in [6, 6.07) is 11.2. The van der Waals surface area contributed by atoms with Crippen molar-refractivity contribution < 1.29 is 18.0 Å². The number of nitrogens with zero attached hydrogens (tertiary/aromatic N) is 2. The lowest BCUT2D eigenvalue weighted by Crippen LogP contribution is -2.30. The summed E-state index contributed by atoms with van der Waals surface area (Å²) in [5.74, 6) is -0.997. The van der Waals surface area contributed by atoms with Crippen LogP contribution in [-0.4, -0.2) is 15.5 Å². The first-order valence-corrected chi connectivity index (χ1v) is 7.22. The Labute approximate surface area is 139 Å². The number of anilines is 1. The van der Waals surface area contributed by atoms with Crippen molar-refractivity contribution in [1.29, 1.82) is 0 Å². The van der Waals surface area contributed by atoms with Crippen molar-refractivity contribution in [1.82, 2.24) is 9.55 Å². The van der Waals surface area contributed by atoms with Gasteiger partial charge in [0.2, 0.25) is 0 Å². The molecule has 5 nitrogen and oxygen atoms in total. The Hall–Kier alpha value is -3.16. The first-order valence-electron chi connectivity index (χ1n) is 7.22. The molecule has 1 aromatic heterocycles. The van der Waals surface area contributed by atoms with Gasteiger partial charge in [0.1, 0.15) is 0 Å². The number of alkyl halides is 3. The molecule has 1 N–H and O–H groups in total. The first kappa shape index (κ1) is 16.7. The van der Waals surface area contributed by atoms with Crippen LogP contribution in [0.4, 0.5) is 18.9 Å². The van der Waals surface area contributed by atoms with Gasteiger partial charge in [0.05, 0.1) is 22.3 Å². The summed E-state index contributed by atoms with van der Waals surface area (Å²) in [6.45, 7) is 0. The number of aromatic nitrogens is 2. The number of rotatable bonds is 2. The molecule has 128 valence electrons. The van der Waals surface area contributed by atoms with Gasteiger partial charge in [0.25, 0.3) is 11.5 Å². The molecular weight excluding hydrogens is 335 g/mol. The summed E-state index contributed by atoms with van der Waals surface area (Å²) in [7, 11) is 1.47. The fraction of sp³-hybridized carbons (Fsp3) is 0.118. The Balaban J connectivity index is 2.05. The standard InChI is InChI=1S/C17H12F3N3O2/c1-23-13-9-5-4-8-12(13)21-14(16(23)25)15(24)22-11-7-3-2-6-10(11)17(18,19)20/h2-9H,1H3,(H,22,24). The summed E-state index contributed by atoms with van der Waals surface area (Å²) in [4.78, 5) is 28.7. The van der Waals surface area contributed by atoms with E-state index in [-0.39, 0.29) is 0 Å². The molecule has 0 saturated heterocycles. The van der Waals surface area contributed by atoms with Crippen molar-refractivity contribution in [2.24, 2.45) is 7.05 Å². The van der Waals surface area contributed by atoms with E-state index in [1.165, 1.54) is 23.7 Å². The molecule has 0 aliphatic heterocycles. The van der Waals surface area contributed by atoms with Crippen LogP contribution in [0, 0.1) is 0 Å². The van der Waals surface area contributed by atoms with Gasteiger partial charge < -0.3 is 9.88 Å². The zero-order valence-corrected chi connectivity index (χ0v) is 13.0. The van der Waals surface area contributed by atoms with Gasteiger partial charge in [-0.05, 0) is 24.3 Å². The van der Waals surface area contributed by atoms with Gasteiger partial charge in [-0.2, -0.15) is 13.2 Å². The molecular formula is C17H12F3N3O2. The molecule has 0 aliphatic rings. The first-order chi connectivity index (χ1) is 11.8. The largest absolute Gasteiger partial charge is 0.418 e. The number of halogens is 3. The van der Waals surface area contributed by atoms with E-state index in [1.807, 2.05) is 0 Å².